The van der Waals surface area contributed by atoms with Gasteiger partial charge in [0.15, 0.2) is 5.54 Å². The van der Waals surface area contributed by atoms with E-state index in [1.165, 1.54) is 19.1 Å². The van der Waals surface area contributed by atoms with Gasteiger partial charge in [0.25, 0.3) is 0 Å². The van der Waals surface area contributed by atoms with Crippen LogP contribution >= 0.6 is 0 Å². The highest BCUT2D eigenvalue weighted by molar-refractivity contribution is 6.08. The number of rotatable bonds is 2. The average molecular weight is 319 g/mol. The minimum Gasteiger partial charge on any atom is -0.405 e. The fourth-order valence-corrected chi connectivity index (χ4v) is 2.34. The lowest BCUT2D eigenvalue weighted by Crippen LogP contribution is -2.27. The van der Waals surface area contributed by atoms with Crippen molar-refractivity contribution in [3.05, 3.63) is 71.3 Å². The molecule has 1 heterocycles. The standard InChI is InChI=1S/C17H12F3NO2/c1-16(12-8-5-9-13(10-12)17(18,19)20)15(22)23-14(21-16)11-6-3-2-4-7-11/h2-10H,1H3. The normalized spacial score (nSPS) is 21.0. The molecule has 0 radical (unpaired) electrons. The Morgan fingerprint density at radius 1 is 1.04 bits per heavy atom. The fraction of sp³-hybridized carbons (Fsp3) is 0.176. The number of cyclic esters (lactones) is 1. The molecule has 1 unspecified atom stereocenters. The van der Waals surface area contributed by atoms with Gasteiger partial charge < -0.3 is 4.74 Å². The van der Waals surface area contributed by atoms with Gasteiger partial charge in [0.2, 0.25) is 5.90 Å². The highest BCUT2D eigenvalue weighted by Gasteiger charge is 2.44. The topological polar surface area (TPSA) is 38.7 Å². The molecule has 3 rings (SSSR count). The quantitative estimate of drug-likeness (QED) is 0.787. The summed E-state index contributed by atoms with van der Waals surface area (Å²) in [6, 6.07) is 13.3. The Morgan fingerprint density at radius 2 is 1.74 bits per heavy atom. The first-order valence-corrected chi connectivity index (χ1v) is 6.86. The molecule has 6 heteroatoms. The van der Waals surface area contributed by atoms with Crippen molar-refractivity contribution >= 4 is 11.9 Å². The van der Waals surface area contributed by atoms with Crippen LogP contribution in [0.1, 0.15) is 23.6 Å². The molecule has 0 N–H and O–H groups in total. The molecule has 0 spiro atoms. The Labute approximate surface area is 130 Å². The molecule has 0 aliphatic carbocycles. The molecule has 2 aromatic carbocycles. The maximum absolute atomic E-state index is 12.9. The molecule has 1 aliphatic rings. The SMILES string of the molecule is CC1(c2cccc(C(F)(F)F)c2)N=C(c2ccccc2)OC1=O. The molecule has 23 heavy (non-hydrogen) atoms. The lowest BCUT2D eigenvalue weighted by atomic mass is 9.92. The van der Waals surface area contributed by atoms with E-state index >= 15 is 0 Å². The lowest BCUT2D eigenvalue weighted by Gasteiger charge is -2.18. The second-order valence-corrected chi connectivity index (χ2v) is 5.32. The molecular weight excluding hydrogens is 307 g/mol. The first kappa shape index (κ1) is 15.3. The number of halogens is 3. The Balaban J connectivity index is 2.05. The van der Waals surface area contributed by atoms with Crippen molar-refractivity contribution in [1.82, 2.24) is 0 Å². The van der Waals surface area contributed by atoms with Crippen molar-refractivity contribution in [2.75, 3.05) is 0 Å². The molecule has 2 aromatic rings. The first-order valence-electron chi connectivity index (χ1n) is 6.86. The largest absolute Gasteiger partial charge is 0.416 e. The van der Waals surface area contributed by atoms with Gasteiger partial charge in [-0.25, -0.2) is 9.79 Å². The van der Waals surface area contributed by atoms with Crippen LogP contribution in [0.2, 0.25) is 0 Å². The number of alkyl halides is 3. The zero-order valence-electron chi connectivity index (χ0n) is 12.1. The molecule has 1 aliphatic heterocycles. The Morgan fingerprint density at radius 3 is 2.39 bits per heavy atom. The second kappa shape index (κ2) is 5.22. The maximum Gasteiger partial charge on any atom is 0.416 e. The summed E-state index contributed by atoms with van der Waals surface area (Å²) in [6.07, 6.45) is -4.49. The van der Waals surface area contributed by atoms with Gasteiger partial charge in [-0.05, 0) is 36.8 Å². The minimum atomic E-state index is -4.49. The average Bonchev–Trinajstić information content (AvgIpc) is 2.84. The summed E-state index contributed by atoms with van der Waals surface area (Å²) in [5.41, 5.74) is -1.58. The number of hydrogen-bond donors (Lipinski definition) is 0. The monoisotopic (exact) mass is 319 g/mol. The van der Waals surface area contributed by atoms with E-state index in [0.29, 0.717) is 5.56 Å². The molecular formula is C17H12F3NO2. The second-order valence-electron chi connectivity index (χ2n) is 5.32. The Bertz CT molecular complexity index is 784. The van der Waals surface area contributed by atoms with E-state index in [4.69, 9.17) is 4.74 Å². The third-order valence-corrected chi connectivity index (χ3v) is 3.68. The summed E-state index contributed by atoms with van der Waals surface area (Å²) in [4.78, 5) is 16.5. The molecule has 0 bridgehead atoms. The lowest BCUT2D eigenvalue weighted by molar-refractivity contribution is -0.140. The molecule has 0 saturated carbocycles. The van der Waals surface area contributed by atoms with E-state index < -0.39 is 23.2 Å². The van der Waals surface area contributed by atoms with Crippen molar-refractivity contribution in [3.8, 4) is 0 Å². The number of ether oxygens (including phenoxy) is 1. The van der Waals surface area contributed by atoms with E-state index in [0.717, 1.165) is 12.1 Å². The first-order chi connectivity index (χ1) is 10.8. The number of hydrogen-bond acceptors (Lipinski definition) is 3. The molecule has 0 amide bonds. The number of carbonyl (C=O) groups excluding carboxylic acids is 1. The zero-order valence-corrected chi connectivity index (χ0v) is 12.1. The third kappa shape index (κ3) is 2.72. The fourth-order valence-electron chi connectivity index (χ4n) is 2.34. The zero-order chi connectivity index (χ0) is 16.7. The van der Waals surface area contributed by atoms with Gasteiger partial charge in [-0.15, -0.1) is 0 Å². The predicted molar refractivity (Wildman–Crippen MR) is 77.9 cm³/mol. The molecule has 118 valence electrons. The number of aliphatic imine (C=N–C) groups is 1. The van der Waals surface area contributed by atoms with Gasteiger partial charge in [0.1, 0.15) is 0 Å². The number of benzene rings is 2. The summed E-state index contributed by atoms with van der Waals surface area (Å²) in [6.45, 7) is 1.45. The van der Waals surface area contributed by atoms with Gasteiger partial charge in [-0.2, -0.15) is 13.2 Å². The van der Waals surface area contributed by atoms with E-state index in [-0.39, 0.29) is 11.5 Å². The Kier molecular flexibility index (Phi) is 3.47. The van der Waals surface area contributed by atoms with Crippen LogP contribution in [0, 0.1) is 0 Å². The van der Waals surface area contributed by atoms with Gasteiger partial charge in [-0.1, -0.05) is 30.3 Å². The van der Waals surface area contributed by atoms with Crippen LogP contribution in [0.5, 0.6) is 0 Å². The maximum atomic E-state index is 12.9. The summed E-state index contributed by atoms with van der Waals surface area (Å²) in [5.74, 6) is -0.591. The van der Waals surface area contributed by atoms with E-state index in [1.54, 1.807) is 30.3 Å². The van der Waals surface area contributed by atoms with Crippen molar-refractivity contribution < 1.29 is 22.7 Å². The van der Waals surface area contributed by atoms with E-state index in [9.17, 15) is 18.0 Å². The summed E-state index contributed by atoms with van der Waals surface area (Å²) < 4.78 is 43.8. The summed E-state index contributed by atoms with van der Waals surface area (Å²) in [5, 5.41) is 0. The van der Waals surface area contributed by atoms with Crippen molar-refractivity contribution in [2.45, 2.75) is 18.6 Å². The highest BCUT2D eigenvalue weighted by Crippen LogP contribution is 2.36. The molecule has 0 fully saturated rings. The summed E-state index contributed by atoms with van der Waals surface area (Å²) >= 11 is 0. The molecule has 1 atom stereocenters. The van der Waals surface area contributed by atoms with Gasteiger partial charge in [0.05, 0.1) is 5.56 Å². The van der Waals surface area contributed by atoms with Crippen molar-refractivity contribution in [3.63, 3.8) is 0 Å². The Hall–Kier alpha value is -2.63. The molecule has 3 nitrogen and oxygen atoms in total. The molecule has 0 aromatic heterocycles. The molecule has 0 saturated heterocycles. The minimum absolute atomic E-state index is 0.107. The van der Waals surface area contributed by atoms with Crippen LogP contribution in [0.3, 0.4) is 0 Å². The van der Waals surface area contributed by atoms with Gasteiger partial charge >= 0.3 is 12.1 Å². The number of carbonyl (C=O) groups is 1. The number of esters is 1. The van der Waals surface area contributed by atoms with Gasteiger partial charge in [-0.3, -0.25) is 0 Å². The van der Waals surface area contributed by atoms with Crippen molar-refractivity contribution in [1.29, 1.82) is 0 Å². The smallest absolute Gasteiger partial charge is 0.405 e. The van der Waals surface area contributed by atoms with E-state index in [2.05, 4.69) is 4.99 Å². The van der Waals surface area contributed by atoms with Crippen molar-refractivity contribution in [2.24, 2.45) is 4.99 Å². The van der Waals surface area contributed by atoms with Crippen LogP contribution in [0.4, 0.5) is 13.2 Å². The van der Waals surface area contributed by atoms with Crippen LogP contribution in [0.25, 0.3) is 0 Å². The van der Waals surface area contributed by atoms with Crippen LogP contribution < -0.4 is 0 Å². The van der Waals surface area contributed by atoms with Crippen LogP contribution in [0.15, 0.2) is 59.6 Å². The van der Waals surface area contributed by atoms with Gasteiger partial charge in [0, 0.05) is 5.56 Å². The third-order valence-electron chi connectivity index (χ3n) is 3.68. The highest BCUT2D eigenvalue weighted by atomic mass is 19.4. The van der Waals surface area contributed by atoms with Crippen LogP contribution in [-0.4, -0.2) is 11.9 Å². The summed E-state index contributed by atoms with van der Waals surface area (Å²) in [7, 11) is 0. The van der Waals surface area contributed by atoms with E-state index in [1.807, 2.05) is 0 Å². The number of nitrogens with zero attached hydrogens (tertiary/aromatic N) is 1. The van der Waals surface area contributed by atoms with Crippen LogP contribution in [-0.2, 0) is 21.2 Å². The predicted octanol–water partition coefficient (Wildman–Crippen LogP) is 3.92.